The molecule has 0 saturated heterocycles. The van der Waals surface area contributed by atoms with Gasteiger partial charge in [0.25, 0.3) is 0 Å². The zero-order valence-corrected chi connectivity index (χ0v) is 7.84. The zero-order valence-electron chi connectivity index (χ0n) is 7.84. The lowest BCUT2D eigenvalue weighted by Gasteiger charge is -2.01. The Morgan fingerprint density at radius 3 is 2.60 bits per heavy atom. The first-order valence-electron chi connectivity index (χ1n) is 4.24. The molecular formula is C10H9N2O3-. The van der Waals surface area contributed by atoms with E-state index in [0.29, 0.717) is 12.6 Å². The highest BCUT2D eigenvalue weighted by Gasteiger charge is 1.95. The summed E-state index contributed by atoms with van der Waals surface area (Å²) >= 11 is 0. The van der Waals surface area contributed by atoms with Gasteiger partial charge in [-0.2, -0.15) is 0 Å². The topological polar surface area (TPSA) is 82.1 Å². The van der Waals surface area contributed by atoms with Crippen molar-refractivity contribution in [2.45, 2.75) is 6.54 Å². The molecule has 0 unspecified atom stereocenters. The van der Waals surface area contributed by atoms with Crippen LogP contribution in [0.4, 0.5) is 0 Å². The van der Waals surface area contributed by atoms with Crippen molar-refractivity contribution < 1.29 is 14.7 Å². The van der Waals surface area contributed by atoms with Crippen molar-refractivity contribution in [2.75, 3.05) is 0 Å². The van der Waals surface area contributed by atoms with Crippen LogP contribution in [0.1, 0.15) is 5.56 Å². The summed E-state index contributed by atoms with van der Waals surface area (Å²) in [5.41, 5.74) is 0.889. The van der Waals surface area contributed by atoms with E-state index in [0.717, 1.165) is 11.6 Å². The molecule has 0 aromatic carbocycles. The quantitative estimate of drug-likeness (QED) is 0.639. The maximum Gasteiger partial charge on any atom is 0.244 e. The third-order valence-corrected chi connectivity index (χ3v) is 1.59. The average Bonchev–Trinajstić information content (AvgIpc) is 2.25. The second-order valence-corrected chi connectivity index (χ2v) is 2.73. The third-order valence-electron chi connectivity index (χ3n) is 1.59. The predicted octanol–water partition coefficient (Wildman–Crippen LogP) is -0.996. The Morgan fingerprint density at radius 2 is 2.00 bits per heavy atom. The van der Waals surface area contributed by atoms with Crippen LogP contribution in [-0.4, -0.2) is 16.9 Å². The van der Waals surface area contributed by atoms with E-state index in [1.54, 1.807) is 24.5 Å². The number of aromatic nitrogens is 1. The zero-order chi connectivity index (χ0) is 11.1. The minimum atomic E-state index is -1.39. The first kappa shape index (κ1) is 10.9. The fourth-order valence-corrected chi connectivity index (χ4v) is 0.892. The number of hydrogen-bond acceptors (Lipinski definition) is 4. The standard InChI is InChI=1S/C10H10N2O3/c13-9(1-2-10(14)15)12-7-8-3-5-11-6-4-8/h1-6H,7H2,(H,12,13)(H,14,15)/p-1. The van der Waals surface area contributed by atoms with Gasteiger partial charge in [-0.15, -0.1) is 0 Å². The minimum Gasteiger partial charge on any atom is -0.545 e. The van der Waals surface area contributed by atoms with E-state index in [4.69, 9.17) is 0 Å². The number of carbonyl (C=O) groups is 2. The minimum absolute atomic E-state index is 0.332. The van der Waals surface area contributed by atoms with E-state index in [-0.39, 0.29) is 0 Å². The number of carboxylic acids is 1. The summed E-state index contributed by atoms with van der Waals surface area (Å²) < 4.78 is 0. The highest BCUT2D eigenvalue weighted by atomic mass is 16.4. The van der Waals surface area contributed by atoms with Crippen molar-refractivity contribution in [3.63, 3.8) is 0 Å². The molecule has 5 heteroatoms. The van der Waals surface area contributed by atoms with Crippen LogP contribution in [0.5, 0.6) is 0 Å². The predicted molar refractivity (Wildman–Crippen MR) is 50.2 cm³/mol. The van der Waals surface area contributed by atoms with Crippen LogP contribution >= 0.6 is 0 Å². The highest BCUT2D eigenvalue weighted by Crippen LogP contribution is 1.94. The van der Waals surface area contributed by atoms with Crippen LogP contribution in [-0.2, 0) is 16.1 Å². The van der Waals surface area contributed by atoms with E-state index in [1.165, 1.54) is 0 Å². The Hall–Kier alpha value is -2.17. The molecule has 15 heavy (non-hydrogen) atoms. The molecule has 0 spiro atoms. The second-order valence-electron chi connectivity index (χ2n) is 2.73. The van der Waals surface area contributed by atoms with Crippen LogP contribution in [0.2, 0.25) is 0 Å². The molecule has 1 aromatic rings. The van der Waals surface area contributed by atoms with Gasteiger partial charge in [-0.3, -0.25) is 9.78 Å². The molecule has 1 N–H and O–H groups in total. The lowest BCUT2D eigenvalue weighted by molar-refractivity contribution is -0.297. The number of pyridine rings is 1. The van der Waals surface area contributed by atoms with Gasteiger partial charge < -0.3 is 15.2 Å². The summed E-state index contributed by atoms with van der Waals surface area (Å²) in [6.45, 7) is 0.332. The first-order chi connectivity index (χ1) is 7.18. The Kier molecular flexibility index (Phi) is 4.03. The number of nitrogens with zero attached hydrogens (tertiary/aromatic N) is 1. The van der Waals surface area contributed by atoms with Crippen LogP contribution in [0.25, 0.3) is 0 Å². The van der Waals surface area contributed by atoms with Gasteiger partial charge in [-0.25, -0.2) is 0 Å². The molecule has 0 aliphatic carbocycles. The molecular weight excluding hydrogens is 196 g/mol. The van der Waals surface area contributed by atoms with Gasteiger partial charge >= 0.3 is 0 Å². The van der Waals surface area contributed by atoms with Gasteiger partial charge in [0.2, 0.25) is 5.91 Å². The monoisotopic (exact) mass is 205 g/mol. The van der Waals surface area contributed by atoms with Crippen molar-refractivity contribution in [3.05, 3.63) is 42.2 Å². The van der Waals surface area contributed by atoms with Crippen molar-refractivity contribution >= 4 is 11.9 Å². The fraction of sp³-hybridized carbons (Fsp3) is 0.100. The van der Waals surface area contributed by atoms with E-state index >= 15 is 0 Å². The van der Waals surface area contributed by atoms with Crippen molar-refractivity contribution in [1.82, 2.24) is 10.3 Å². The number of aliphatic carboxylic acids is 1. The molecule has 0 fully saturated rings. The van der Waals surface area contributed by atoms with Gasteiger partial charge in [0.1, 0.15) is 0 Å². The van der Waals surface area contributed by atoms with Gasteiger partial charge in [0.05, 0.1) is 5.97 Å². The average molecular weight is 205 g/mol. The van der Waals surface area contributed by atoms with Crippen molar-refractivity contribution in [3.8, 4) is 0 Å². The molecule has 1 amide bonds. The lowest BCUT2D eigenvalue weighted by Crippen LogP contribution is -2.23. The Balaban J connectivity index is 2.38. The molecule has 0 bridgehead atoms. The summed E-state index contributed by atoms with van der Waals surface area (Å²) in [6, 6.07) is 3.51. The largest absolute Gasteiger partial charge is 0.545 e. The number of carboxylic acid groups (broad SMARTS) is 1. The first-order valence-corrected chi connectivity index (χ1v) is 4.24. The Bertz CT molecular complexity index is 374. The normalized spacial score (nSPS) is 10.1. The Labute approximate surface area is 86.5 Å². The van der Waals surface area contributed by atoms with Crippen molar-refractivity contribution in [1.29, 1.82) is 0 Å². The van der Waals surface area contributed by atoms with Gasteiger partial charge in [0.15, 0.2) is 0 Å². The number of carbonyl (C=O) groups excluding carboxylic acids is 2. The molecule has 78 valence electrons. The second kappa shape index (κ2) is 5.54. The van der Waals surface area contributed by atoms with Crippen LogP contribution < -0.4 is 10.4 Å². The maximum atomic E-state index is 11.0. The molecule has 0 aliphatic heterocycles. The van der Waals surface area contributed by atoms with Gasteiger partial charge in [0, 0.05) is 25.0 Å². The SMILES string of the molecule is O=C([O-])C=CC(=O)NCc1ccncc1. The number of amides is 1. The van der Waals surface area contributed by atoms with Crippen LogP contribution in [0, 0.1) is 0 Å². The lowest BCUT2D eigenvalue weighted by atomic mass is 10.3. The molecule has 1 rings (SSSR count). The molecule has 5 nitrogen and oxygen atoms in total. The molecule has 1 heterocycles. The van der Waals surface area contributed by atoms with Gasteiger partial charge in [-0.1, -0.05) is 0 Å². The summed E-state index contributed by atoms with van der Waals surface area (Å²) in [5.74, 6) is -1.87. The van der Waals surface area contributed by atoms with Crippen LogP contribution in [0.15, 0.2) is 36.7 Å². The molecule has 0 aliphatic rings. The van der Waals surface area contributed by atoms with E-state index in [1.807, 2.05) is 0 Å². The number of rotatable bonds is 4. The maximum absolute atomic E-state index is 11.0. The highest BCUT2D eigenvalue weighted by molar-refractivity contribution is 5.93. The fourth-order valence-electron chi connectivity index (χ4n) is 0.892. The van der Waals surface area contributed by atoms with E-state index in [2.05, 4.69) is 10.3 Å². The summed E-state index contributed by atoms with van der Waals surface area (Å²) in [4.78, 5) is 24.8. The molecule has 1 aromatic heterocycles. The smallest absolute Gasteiger partial charge is 0.244 e. The van der Waals surface area contributed by atoms with E-state index < -0.39 is 11.9 Å². The van der Waals surface area contributed by atoms with E-state index in [9.17, 15) is 14.7 Å². The summed E-state index contributed by atoms with van der Waals surface area (Å²) in [5, 5.41) is 12.5. The van der Waals surface area contributed by atoms with Crippen LogP contribution in [0.3, 0.4) is 0 Å². The Morgan fingerprint density at radius 1 is 1.33 bits per heavy atom. The van der Waals surface area contributed by atoms with Crippen molar-refractivity contribution in [2.24, 2.45) is 0 Å². The number of hydrogen-bond donors (Lipinski definition) is 1. The number of nitrogens with one attached hydrogen (secondary N) is 1. The molecule has 0 saturated carbocycles. The van der Waals surface area contributed by atoms with Gasteiger partial charge in [-0.05, 0) is 23.8 Å². The third kappa shape index (κ3) is 4.56. The molecule has 0 radical (unpaired) electrons. The molecule has 0 atom stereocenters. The summed E-state index contributed by atoms with van der Waals surface area (Å²) in [7, 11) is 0. The summed E-state index contributed by atoms with van der Waals surface area (Å²) in [6.07, 6.45) is 4.81.